The maximum Gasteiger partial charge on any atom is 0.362 e. The Balaban J connectivity index is 2.75. The van der Waals surface area contributed by atoms with Crippen molar-refractivity contribution in [2.45, 2.75) is 13.3 Å². The Kier molecular flexibility index (Phi) is 3.01. The van der Waals surface area contributed by atoms with Gasteiger partial charge in [-0.05, 0) is 36.2 Å². The fraction of sp³-hybridized carbons (Fsp3) is 0.167. The van der Waals surface area contributed by atoms with E-state index in [1.165, 1.54) is 24.3 Å². The molecule has 1 aromatic carbocycles. The normalized spacial score (nSPS) is 10.6. The highest BCUT2D eigenvalue weighted by atomic mass is 19.1. The average molecular weight is 250 g/mol. The number of nitrogens with one attached hydrogen (secondary N) is 1. The van der Waals surface area contributed by atoms with Crippen LogP contribution in [-0.2, 0) is 6.42 Å². The fourth-order valence-electron chi connectivity index (χ4n) is 1.75. The van der Waals surface area contributed by atoms with Gasteiger partial charge in [0.25, 0.3) is 5.56 Å². The van der Waals surface area contributed by atoms with E-state index < -0.39 is 17.1 Å². The number of benzene rings is 1. The van der Waals surface area contributed by atoms with Crippen molar-refractivity contribution in [3.8, 4) is 11.3 Å². The van der Waals surface area contributed by atoms with Gasteiger partial charge in [-0.15, -0.1) is 0 Å². The molecular formula is C12H11FN2O3. The molecule has 0 radical (unpaired) electrons. The summed E-state index contributed by atoms with van der Waals surface area (Å²) in [5.74, 6) is -0.408. The molecular weight excluding hydrogens is 239 g/mol. The van der Waals surface area contributed by atoms with E-state index in [1.807, 2.05) is 0 Å². The van der Waals surface area contributed by atoms with Gasteiger partial charge in [0.05, 0.1) is 5.69 Å². The molecule has 0 saturated carbocycles. The van der Waals surface area contributed by atoms with E-state index in [0.717, 1.165) is 0 Å². The fourth-order valence-corrected chi connectivity index (χ4v) is 1.75. The number of nitrogens with zero attached hydrogens (tertiary/aromatic N) is 1. The van der Waals surface area contributed by atoms with Crippen LogP contribution in [-0.4, -0.2) is 14.9 Å². The number of H-pyrrole nitrogens is 1. The molecule has 0 unspecified atom stereocenters. The van der Waals surface area contributed by atoms with Gasteiger partial charge in [0.15, 0.2) is 0 Å². The average Bonchev–Trinajstić information content (AvgIpc) is 2.37. The standard InChI is InChI=1S/C12H11FN2O3/c1-2-9-10(7-3-5-8(13)6-4-7)14-12(17)15(18)11(9)16/h3-6,18H,2H2,1H3,(H,14,17). The third-order valence-corrected chi connectivity index (χ3v) is 2.66. The lowest BCUT2D eigenvalue weighted by Gasteiger charge is -2.08. The molecule has 5 nitrogen and oxygen atoms in total. The van der Waals surface area contributed by atoms with E-state index in [1.54, 1.807) is 6.92 Å². The zero-order valence-electron chi connectivity index (χ0n) is 9.61. The van der Waals surface area contributed by atoms with E-state index >= 15 is 0 Å². The Hall–Kier alpha value is -2.37. The van der Waals surface area contributed by atoms with E-state index in [-0.39, 0.29) is 10.3 Å². The topological polar surface area (TPSA) is 75.1 Å². The quantitative estimate of drug-likeness (QED) is 0.785. The van der Waals surface area contributed by atoms with Crippen molar-refractivity contribution in [2.75, 3.05) is 0 Å². The molecule has 0 saturated heterocycles. The number of hydrogen-bond acceptors (Lipinski definition) is 3. The van der Waals surface area contributed by atoms with Crippen LogP contribution >= 0.6 is 0 Å². The molecule has 6 heteroatoms. The Morgan fingerprint density at radius 2 is 1.89 bits per heavy atom. The second kappa shape index (κ2) is 4.48. The minimum absolute atomic E-state index is 0.0336. The van der Waals surface area contributed by atoms with Crippen molar-refractivity contribution in [1.29, 1.82) is 0 Å². The maximum atomic E-state index is 12.8. The van der Waals surface area contributed by atoms with Gasteiger partial charge in [-0.25, -0.2) is 9.18 Å². The van der Waals surface area contributed by atoms with E-state index in [0.29, 0.717) is 17.7 Å². The molecule has 0 fully saturated rings. The molecule has 2 N–H and O–H groups in total. The summed E-state index contributed by atoms with van der Waals surface area (Å²) in [5, 5.41) is 9.23. The molecule has 2 aromatic rings. The van der Waals surface area contributed by atoms with Crippen molar-refractivity contribution in [3.63, 3.8) is 0 Å². The first kappa shape index (κ1) is 12.1. The van der Waals surface area contributed by atoms with Crippen LogP contribution in [0.5, 0.6) is 0 Å². The summed E-state index contributed by atoms with van der Waals surface area (Å²) in [6.07, 6.45) is 0.336. The summed E-state index contributed by atoms with van der Waals surface area (Å²) < 4.78 is 12.9. The number of rotatable bonds is 2. The summed E-state index contributed by atoms with van der Waals surface area (Å²) in [7, 11) is 0. The number of aromatic nitrogens is 2. The second-order valence-electron chi connectivity index (χ2n) is 3.76. The van der Waals surface area contributed by atoms with Gasteiger partial charge in [-0.3, -0.25) is 4.79 Å². The molecule has 18 heavy (non-hydrogen) atoms. The minimum Gasteiger partial charge on any atom is -0.421 e. The van der Waals surface area contributed by atoms with Crippen LogP contribution in [0.25, 0.3) is 11.3 Å². The minimum atomic E-state index is -0.920. The summed E-state index contributed by atoms with van der Waals surface area (Å²) in [6, 6.07) is 5.39. The van der Waals surface area contributed by atoms with Gasteiger partial charge in [-0.2, -0.15) is 0 Å². The predicted molar refractivity (Wildman–Crippen MR) is 63.3 cm³/mol. The first-order chi connectivity index (χ1) is 8.54. The largest absolute Gasteiger partial charge is 0.421 e. The lowest BCUT2D eigenvalue weighted by Crippen LogP contribution is -2.36. The van der Waals surface area contributed by atoms with E-state index in [9.17, 15) is 19.2 Å². The van der Waals surface area contributed by atoms with Crippen molar-refractivity contribution in [1.82, 2.24) is 9.71 Å². The Bertz CT molecular complexity index is 686. The summed E-state index contributed by atoms with van der Waals surface area (Å²) in [5.41, 5.74) is -0.596. The first-order valence-electron chi connectivity index (χ1n) is 5.38. The Morgan fingerprint density at radius 1 is 1.28 bits per heavy atom. The van der Waals surface area contributed by atoms with Gasteiger partial charge in [0, 0.05) is 5.56 Å². The molecule has 2 rings (SSSR count). The van der Waals surface area contributed by atoms with Crippen LogP contribution in [0.4, 0.5) is 4.39 Å². The SMILES string of the molecule is CCc1c(-c2ccc(F)cc2)[nH]c(=O)n(O)c1=O. The molecule has 94 valence electrons. The lowest BCUT2D eigenvalue weighted by molar-refractivity contribution is 0.159. The summed E-state index contributed by atoms with van der Waals surface area (Å²) in [4.78, 5) is 25.5. The van der Waals surface area contributed by atoms with E-state index in [2.05, 4.69) is 4.98 Å². The Labute approximate surface area is 101 Å². The van der Waals surface area contributed by atoms with Crippen LogP contribution < -0.4 is 11.2 Å². The molecule has 1 heterocycles. The van der Waals surface area contributed by atoms with Gasteiger partial charge in [0.2, 0.25) is 0 Å². The van der Waals surface area contributed by atoms with Crippen LogP contribution in [0.15, 0.2) is 33.9 Å². The molecule has 0 aliphatic heterocycles. The molecule has 0 spiro atoms. The zero-order chi connectivity index (χ0) is 13.3. The lowest BCUT2D eigenvalue weighted by atomic mass is 10.1. The molecule has 0 atom stereocenters. The van der Waals surface area contributed by atoms with Gasteiger partial charge < -0.3 is 10.2 Å². The van der Waals surface area contributed by atoms with Crippen LogP contribution in [0.2, 0.25) is 0 Å². The number of aromatic amines is 1. The monoisotopic (exact) mass is 250 g/mol. The number of halogens is 1. The van der Waals surface area contributed by atoms with Gasteiger partial charge in [0.1, 0.15) is 5.82 Å². The highest BCUT2D eigenvalue weighted by Gasteiger charge is 2.13. The molecule has 0 aliphatic rings. The smallest absolute Gasteiger partial charge is 0.362 e. The van der Waals surface area contributed by atoms with Crippen molar-refractivity contribution >= 4 is 0 Å². The van der Waals surface area contributed by atoms with Gasteiger partial charge >= 0.3 is 5.69 Å². The van der Waals surface area contributed by atoms with E-state index in [4.69, 9.17) is 0 Å². The summed E-state index contributed by atoms with van der Waals surface area (Å²) >= 11 is 0. The third kappa shape index (κ3) is 1.92. The second-order valence-corrected chi connectivity index (χ2v) is 3.76. The van der Waals surface area contributed by atoms with Crippen molar-refractivity contribution in [2.24, 2.45) is 0 Å². The van der Waals surface area contributed by atoms with Crippen LogP contribution in [0.1, 0.15) is 12.5 Å². The van der Waals surface area contributed by atoms with Crippen LogP contribution in [0.3, 0.4) is 0 Å². The molecule has 1 aromatic heterocycles. The van der Waals surface area contributed by atoms with Crippen molar-refractivity contribution in [3.05, 3.63) is 56.5 Å². The molecule has 0 aliphatic carbocycles. The highest BCUT2D eigenvalue weighted by molar-refractivity contribution is 5.62. The summed E-state index contributed by atoms with van der Waals surface area (Å²) in [6.45, 7) is 1.72. The highest BCUT2D eigenvalue weighted by Crippen LogP contribution is 2.18. The van der Waals surface area contributed by atoms with Crippen molar-refractivity contribution < 1.29 is 9.60 Å². The first-order valence-corrected chi connectivity index (χ1v) is 5.38. The van der Waals surface area contributed by atoms with Crippen LogP contribution in [0, 0.1) is 5.82 Å². The maximum absolute atomic E-state index is 12.8. The number of hydrogen-bond donors (Lipinski definition) is 2. The molecule has 0 bridgehead atoms. The van der Waals surface area contributed by atoms with Gasteiger partial charge in [-0.1, -0.05) is 11.7 Å². The third-order valence-electron chi connectivity index (χ3n) is 2.66. The zero-order valence-corrected chi connectivity index (χ0v) is 9.61. The molecule has 0 amide bonds. The predicted octanol–water partition coefficient (Wildman–Crippen LogP) is 1.14. The Morgan fingerprint density at radius 3 is 2.44 bits per heavy atom.